The Balaban J connectivity index is 1.66. The number of para-hydroxylation sites is 2. The highest BCUT2D eigenvalue weighted by atomic mass is 16.6. The topological polar surface area (TPSA) is 128 Å². The fraction of sp³-hybridized carbons (Fsp3) is 0.0870. The molecule has 1 aliphatic heterocycles. The predicted molar refractivity (Wildman–Crippen MR) is 120 cm³/mol. The molecule has 1 atom stereocenters. The molecule has 2 N–H and O–H groups in total. The third kappa shape index (κ3) is 3.63. The molecule has 0 radical (unpaired) electrons. The number of nitro benzene ring substituents is 1. The van der Waals surface area contributed by atoms with Crippen molar-refractivity contribution in [3.8, 4) is 11.6 Å². The number of carbonyl (C=O) groups excluding carboxylic acids is 1. The fourth-order valence-electron chi connectivity index (χ4n) is 3.85. The van der Waals surface area contributed by atoms with Crippen LogP contribution in [0.25, 0.3) is 11.6 Å². The van der Waals surface area contributed by atoms with Crippen LogP contribution in [0, 0.1) is 10.1 Å². The highest BCUT2D eigenvalue weighted by Gasteiger charge is 2.38. The third-order valence-corrected chi connectivity index (χ3v) is 5.30. The van der Waals surface area contributed by atoms with Crippen LogP contribution < -0.4 is 10.6 Å². The maximum atomic E-state index is 13.4. The normalized spacial score (nSPS) is 15.0. The van der Waals surface area contributed by atoms with Crippen molar-refractivity contribution in [1.82, 2.24) is 14.8 Å². The smallest absolute Gasteiger partial charge is 0.275 e. The second-order valence-electron chi connectivity index (χ2n) is 7.38. The van der Waals surface area contributed by atoms with Gasteiger partial charge in [0.05, 0.1) is 22.3 Å². The first-order valence-electron chi connectivity index (χ1n) is 10.1. The first-order chi connectivity index (χ1) is 16.0. The number of benzene rings is 2. The molecule has 1 aliphatic rings. The van der Waals surface area contributed by atoms with E-state index in [0.717, 1.165) is 0 Å². The monoisotopic (exact) mass is 442 g/mol. The molecular formula is C23H18N6O4. The zero-order valence-corrected chi connectivity index (χ0v) is 17.4. The summed E-state index contributed by atoms with van der Waals surface area (Å²) in [5.74, 6) is 0.671. The number of carbonyl (C=O) groups is 1. The van der Waals surface area contributed by atoms with Crippen LogP contribution in [0.1, 0.15) is 18.5 Å². The number of amides is 1. The van der Waals surface area contributed by atoms with Crippen molar-refractivity contribution in [3.63, 3.8) is 0 Å². The van der Waals surface area contributed by atoms with E-state index < -0.39 is 16.9 Å². The van der Waals surface area contributed by atoms with Gasteiger partial charge in [-0.05, 0) is 37.3 Å². The van der Waals surface area contributed by atoms with Gasteiger partial charge < -0.3 is 15.1 Å². The van der Waals surface area contributed by atoms with Crippen molar-refractivity contribution < 1.29 is 14.1 Å². The fourth-order valence-corrected chi connectivity index (χ4v) is 3.85. The van der Waals surface area contributed by atoms with Gasteiger partial charge in [0.2, 0.25) is 11.8 Å². The minimum Gasteiger partial charge on any atom is -0.461 e. The van der Waals surface area contributed by atoms with Crippen LogP contribution in [0.15, 0.2) is 88.7 Å². The van der Waals surface area contributed by atoms with E-state index in [1.807, 2.05) is 6.07 Å². The largest absolute Gasteiger partial charge is 0.461 e. The average Bonchev–Trinajstić information content (AvgIpc) is 3.48. The van der Waals surface area contributed by atoms with Gasteiger partial charge in [0.25, 0.3) is 11.6 Å². The molecule has 1 amide bonds. The van der Waals surface area contributed by atoms with Gasteiger partial charge in [-0.1, -0.05) is 30.3 Å². The number of nitrogens with zero attached hydrogens (tertiary/aromatic N) is 4. The summed E-state index contributed by atoms with van der Waals surface area (Å²) in [5.41, 5.74) is 1.60. The number of nitrogens with one attached hydrogen (secondary N) is 2. The van der Waals surface area contributed by atoms with Crippen LogP contribution in [-0.2, 0) is 4.79 Å². The van der Waals surface area contributed by atoms with E-state index in [9.17, 15) is 14.9 Å². The minimum atomic E-state index is -0.886. The third-order valence-electron chi connectivity index (χ3n) is 5.30. The molecule has 0 spiro atoms. The van der Waals surface area contributed by atoms with Crippen molar-refractivity contribution in [3.05, 3.63) is 99.9 Å². The van der Waals surface area contributed by atoms with Crippen LogP contribution in [-0.4, -0.2) is 25.6 Å². The molecule has 164 valence electrons. The van der Waals surface area contributed by atoms with Gasteiger partial charge in [-0.2, -0.15) is 4.98 Å². The van der Waals surface area contributed by atoms with Gasteiger partial charge in [0, 0.05) is 17.5 Å². The number of hydrogen-bond donors (Lipinski definition) is 2. The van der Waals surface area contributed by atoms with Crippen molar-refractivity contribution in [2.75, 3.05) is 10.6 Å². The lowest BCUT2D eigenvalue weighted by molar-refractivity contribution is -0.385. The second-order valence-corrected chi connectivity index (χ2v) is 7.38. The van der Waals surface area contributed by atoms with E-state index in [4.69, 9.17) is 4.42 Å². The summed E-state index contributed by atoms with van der Waals surface area (Å²) >= 11 is 0. The average molecular weight is 442 g/mol. The Morgan fingerprint density at radius 3 is 2.61 bits per heavy atom. The van der Waals surface area contributed by atoms with E-state index in [1.54, 1.807) is 61.5 Å². The minimum absolute atomic E-state index is 0.122. The molecule has 0 fully saturated rings. The maximum absolute atomic E-state index is 13.4. The van der Waals surface area contributed by atoms with Crippen molar-refractivity contribution in [2.45, 2.75) is 13.0 Å². The van der Waals surface area contributed by atoms with Crippen LogP contribution in [0.4, 0.5) is 17.3 Å². The molecule has 0 saturated heterocycles. The SMILES string of the molecule is CC1=C(C(=O)Nc2ccccc2)C(c2ccccc2[N+](=O)[O-])n2nc(-c3ccco3)nc2N1. The number of anilines is 2. The summed E-state index contributed by atoms with van der Waals surface area (Å²) in [4.78, 5) is 29.3. The Morgan fingerprint density at radius 2 is 1.88 bits per heavy atom. The quantitative estimate of drug-likeness (QED) is 0.347. The number of furan rings is 1. The predicted octanol–water partition coefficient (Wildman–Crippen LogP) is 4.37. The Morgan fingerprint density at radius 1 is 1.12 bits per heavy atom. The maximum Gasteiger partial charge on any atom is 0.275 e. The molecule has 4 aromatic rings. The number of fused-ring (bicyclic) bond motifs is 1. The molecule has 33 heavy (non-hydrogen) atoms. The highest BCUT2D eigenvalue weighted by molar-refractivity contribution is 6.06. The molecule has 0 bridgehead atoms. The zero-order chi connectivity index (χ0) is 22.9. The first-order valence-corrected chi connectivity index (χ1v) is 10.1. The number of rotatable bonds is 5. The molecule has 3 heterocycles. The summed E-state index contributed by atoms with van der Waals surface area (Å²) in [6.07, 6.45) is 1.50. The summed E-state index contributed by atoms with van der Waals surface area (Å²) in [5, 5.41) is 22.3. The van der Waals surface area contributed by atoms with E-state index in [2.05, 4.69) is 20.7 Å². The van der Waals surface area contributed by atoms with Crippen molar-refractivity contribution >= 4 is 23.2 Å². The van der Waals surface area contributed by atoms with E-state index in [1.165, 1.54) is 17.0 Å². The van der Waals surface area contributed by atoms with E-state index >= 15 is 0 Å². The number of hydrogen-bond acceptors (Lipinski definition) is 7. The molecule has 2 aromatic heterocycles. The first kappa shape index (κ1) is 20.2. The summed E-state index contributed by atoms with van der Waals surface area (Å²) < 4.78 is 6.89. The van der Waals surface area contributed by atoms with Crippen LogP contribution >= 0.6 is 0 Å². The molecule has 10 heteroatoms. The Bertz CT molecular complexity index is 1380. The molecule has 2 aromatic carbocycles. The lowest BCUT2D eigenvalue weighted by Crippen LogP contribution is -2.31. The van der Waals surface area contributed by atoms with E-state index in [0.29, 0.717) is 34.5 Å². The number of aromatic nitrogens is 3. The Labute approximate surface area is 187 Å². The molecule has 10 nitrogen and oxygen atoms in total. The summed E-state index contributed by atoms with van der Waals surface area (Å²) in [6.45, 7) is 1.73. The lowest BCUT2D eigenvalue weighted by Gasteiger charge is -2.28. The molecule has 0 aliphatic carbocycles. The van der Waals surface area contributed by atoms with Crippen molar-refractivity contribution in [1.29, 1.82) is 0 Å². The van der Waals surface area contributed by atoms with Crippen LogP contribution in [0.5, 0.6) is 0 Å². The van der Waals surface area contributed by atoms with Gasteiger partial charge in [0.15, 0.2) is 5.76 Å². The van der Waals surface area contributed by atoms with Crippen LogP contribution in [0.2, 0.25) is 0 Å². The van der Waals surface area contributed by atoms with Gasteiger partial charge in [-0.15, -0.1) is 5.10 Å². The van der Waals surface area contributed by atoms with Gasteiger partial charge in [-0.3, -0.25) is 14.9 Å². The Hall–Kier alpha value is -4.73. The Kier molecular flexibility index (Phi) is 4.94. The number of allylic oxidation sites excluding steroid dienone is 1. The summed E-state index contributed by atoms with van der Waals surface area (Å²) in [7, 11) is 0. The second kappa shape index (κ2) is 8.08. The zero-order valence-electron chi connectivity index (χ0n) is 17.4. The van der Waals surface area contributed by atoms with Crippen LogP contribution in [0.3, 0.4) is 0 Å². The molecule has 0 saturated carbocycles. The molecule has 5 rings (SSSR count). The van der Waals surface area contributed by atoms with E-state index in [-0.39, 0.29) is 11.3 Å². The summed E-state index contributed by atoms with van der Waals surface area (Å²) in [6, 6.07) is 17.8. The lowest BCUT2D eigenvalue weighted by atomic mass is 9.93. The molecule has 1 unspecified atom stereocenters. The molecular weight excluding hydrogens is 424 g/mol. The highest BCUT2D eigenvalue weighted by Crippen LogP contribution is 2.40. The van der Waals surface area contributed by atoms with Crippen molar-refractivity contribution in [2.24, 2.45) is 0 Å². The van der Waals surface area contributed by atoms with Gasteiger partial charge in [-0.25, -0.2) is 4.68 Å². The van der Waals surface area contributed by atoms with Gasteiger partial charge in [0.1, 0.15) is 6.04 Å². The standard InChI is InChI=1S/C23H18N6O4/c1-14-19(22(30)25-15-8-3-2-4-9-15)20(16-10-5-6-11-17(16)29(31)32)28-23(24-14)26-21(27-28)18-12-7-13-33-18/h2-13,20H,1H3,(H,25,30)(H,24,26,27). The van der Waals surface area contributed by atoms with Gasteiger partial charge >= 0.3 is 0 Å². The number of nitro groups is 1.